The normalized spacial score (nSPS) is 13.1. The minimum Gasteiger partial charge on any atom is -0.618 e. The summed E-state index contributed by atoms with van der Waals surface area (Å²) in [5, 5.41) is 24.8. The number of nitrogens with zero attached hydrogens (tertiary/aromatic N) is 2. The quantitative estimate of drug-likeness (QED) is 0.439. The summed E-state index contributed by atoms with van der Waals surface area (Å²) in [5.74, 6) is -0.552. The van der Waals surface area contributed by atoms with Gasteiger partial charge in [0.1, 0.15) is 6.10 Å². The molecule has 6 nitrogen and oxygen atoms in total. The average molecular weight is 448 g/mol. The fourth-order valence-corrected chi connectivity index (χ4v) is 3.10. The van der Waals surface area contributed by atoms with Crippen LogP contribution < -0.4 is 10.0 Å². The predicted octanol–water partition coefficient (Wildman–Crippen LogP) is 4.13. The number of halogens is 3. The van der Waals surface area contributed by atoms with Gasteiger partial charge in [0, 0.05) is 35.9 Å². The van der Waals surface area contributed by atoms with E-state index >= 15 is 0 Å². The van der Waals surface area contributed by atoms with Gasteiger partial charge in [0.05, 0.1) is 16.8 Å². The zero-order valence-corrected chi connectivity index (χ0v) is 17.5. The molecule has 0 aliphatic rings. The van der Waals surface area contributed by atoms with Crippen LogP contribution in [0.2, 0.25) is 5.02 Å². The minimum atomic E-state index is -3.02. The van der Waals surface area contributed by atoms with E-state index in [1.807, 2.05) is 0 Å². The van der Waals surface area contributed by atoms with Crippen molar-refractivity contribution >= 4 is 17.5 Å². The van der Waals surface area contributed by atoms with E-state index in [4.69, 9.17) is 11.6 Å². The third kappa shape index (κ3) is 5.34. The molecule has 1 aromatic carbocycles. The first-order chi connectivity index (χ1) is 14.7. The fourth-order valence-electron chi connectivity index (χ4n) is 2.98. The van der Waals surface area contributed by atoms with Crippen LogP contribution in [0.4, 0.5) is 8.78 Å². The largest absolute Gasteiger partial charge is 0.618 e. The number of hydrogen-bond acceptors (Lipinski definition) is 4. The van der Waals surface area contributed by atoms with Gasteiger partial charge in [-0.2, -0.15) is 4.73 Å². The third-order valence-electron chi connectivity index (χ3n) is 4.80. The van der Waals surface area contributed by atoms with Gasteiger partial charge in [0.25, 0.3) is 12.3 Å². The smallest absolute Gasteiger partial charge is 0.268 e. The van der Waals surface area contributed by atoms with Crippen molar-refractivity contribution in [3.05, 3.63) is 87.5 Å². The molecule has 2 aromatic heterocycles. The van der Waals surface area contributed by atoms with Crippen LogP contribution in [0.3, 0.4) is 0 Å². The first kappa shape index (κ1) is 22.6. The number of aromatic nitrogens is 2. The van der Waals surface area contributed by atoms with E-state index in [9.17, 15) is 23.9 Å². The Morgan fingerprint density at radius 3 is 2.55 bits per heavy atom. The van der Waals surface area contributed by atoms with Crippen LogP contribution in [0.5, 0.6) is 0 Å². The van der Waals surface area contributed by atoms with Crippen molar-refractivity contribution in [3.63, 3.8) is 0 Å². The summed E-state index contributed by atoms with van der Waals surface area (Å²) in [4.78, 5) is 17.0. The van der Waals surface area contributed by atoms with Gasteiger partial charge in [-0.05, 0) is 48.9 Å². The van der Waals surface area contributed by atoms with E-state index in [1.165, 1.54) is 30.6 Å². The highest BCUT2D eigenvalue weighted by molar-refractivity contribution is 6.30. The van der Waals surface area contributed by atoms with Crippen molar-refractivity contribution in [2.75, 3.05) is 0 Å². The number of hydrogen-bond donors (Lipinski definition) is 2. The van der Waals surface area contributed by atoms with E-state index in [2.05, 4.69) is 10.3 Å². The average Bonchev–Trinajstić information content (AvgIpc) is 2.75. The molecular weight excluding hydrogens is 428 g/mol. The molecule has 0 aliphatic heterocycles. The van der Waals surface area contributed by atoms with Gasteiger partial charge in [-0.15, -0.1) is 0 Å². The Hall–Kier alpha value is -3.10. The summed E-state index contributed by atoms with van der Waals surface area (Å²) < 4.78 is 26.9. The summed E-state index contributed by atoms with van der Waals surface area (Å²) >= 11 is 5.85. The Morgan fingerprint density at radius 2 is 1.94 bits per heavy atom. The van der Waals surface area contributed by atoms with Crippen LogP contribution in [-0.2, 0) is 0 Å². The maximum Gasteiger partial charge on any atom is 0.268 e. The summed E-state index contributed by atoms with van der Waals surface area (Å²) in [5.41, 5.74) is 1.82. The van der Waals surface area contributed by atoms with Gasteiger partial charge in [0.15, 0.2) is 11.9 Å². The molecule has 3 aromatic rings. The lowest BCUT2D eigenvalue weighted by atomic mass is 9.99. The van der Waals surface area contributed by atoms with E-state index in [-0.39, 0.29) is 11.1 Å². The molecule has 0 radical (unpaired) electrons. The first-order valence-electron chi connectivity index (χ1n) is 9.39. The second-order valence-corrected chi connectivity index (χ2v) is 7.55. The Labute approximate surface area is 182 Å². The van der Waals surface area contributed by atoms with Crippen LogP contribution in [0.25, 0.3) is 11.3 Å². The highest BCUT2D eigenvalue weighted by Gasteiger charge is 2.23. The molecule has 0 bridgehead atoms. The van der Waals surface area contributed by atoms with Crippen molar-refractivity contribution in [2.24, 2.45) is 0 Å². The zero-order valence-electron chi connectivity index (χ0n) is 16.7. The molecule has 162 valence electrons. The molecule has 2 heterocycles. The number of aryl methyl sites for hydroxylation is 1. The van der Waals surface area contributed by atoms with Crippen LogP contribution in [0.15, 0.2) is 54.9 Å². The molecule has 9 heteroatoms. The Balaban J connectivity index is 1.95. The summed E-state index contributed by atoms with van der Waals surface area (Å²) in [7, 11) is 0. The molecule has 1 unspecified atom stereocenters. The van der Waals surface area contributed by atoms with Crippen LogP contribution in [0.1, 0.15) is 46.2 Å². The monoisotopic (exact) mass is 447 g/mol. The Bertz CT molecular complexity index is 1090. The summed E-state index contributed by atoms with van der Waals surface area (Å²) in [6.07, 6.45) is -2.33. The van der Waals surface area contributed by atoms with Crippen molar-refractivity contribution < 1.29 is 23.4 Å². The van der Waals surface area contributed by atoms with E-state index < -0.39 is 24.5 Å². The number of carbonyl (C=O) groups is 1. The second kappa shape index (κ2) is 9.36. The van der Waals surface area contributed by atoms with Crippen LogP contribution in [0, 0.1) is 12.1 Å². The van der Waals surface area contributed by atoms with Crippen LogP contribution in [-0.4, -0.2) is 22.4 Å². The summed E-state index contributed by atoms with van der Waals surface area (Å²) in [6.45, 7) is 3.36. The third-order valence-corrected chi connectivity index (χ3v) is 5.02. The van der Waals surface area contributed by atoms with Crippen molar-refractivity contribution in [1.29, 1.82) is 0 Å². The van der Waals surface area contributed by atoms with Crippen molar-refractivity contribution in [3.8, 4) is 11.3 Å². The molecule has 1 amide bonds. The van der Waals surface area contributed by atoms with Gasteiger partial charge < -0.3 is 15.6 Å². The number of carbonyl (C=O) groups excluding carboxylic acids is 1. The number of benzene rings is 1. The predicted molar refractivity (Wildman–Crippen MR) is 112 cm³/mol. The van der Waals surface area contributed by atoms with Crippen LogP contribution >= 0.6 is 11.6 Å². The van der Waals surface area contributed by atoms with E-state index in [0.29, 0.717) is 32.3 Å². The standard InChI is InChI=1S/C22H20ClF2N3O3/c1-12-3-4-14(11-28(12)31)13(2)27-22(30)17-8-15(19-6-5-18(23)10-26-19)7-16(9-17)20(29)21(24)25/h3-11,13,20-21,29H,1-2H3,(H,27,30)/t13-,20?/m1/s1. The molecule has 0 saturated carbocycles. The Kier molecular flexibility index (Phi) is 6.82. The van der Waals surface area contributed by atoms with Gasteiger partial charge in [-0.25, -0.2) is 8.78 Å². The highest BCUT2D eigenvalue weighted by Crippen LogP contribution is 2.28. The molecular formula is C22H20ClF2N3O3. The highest BCUT2D eigenvalue weighted by atomic mass is 35.5. The van der Waals surface area contributed by atoms with Gasteiger partial charge >= 0.3 is 0 Å². The maximum atomic E-state index is 13.1. The van der Waals surface area contributed by atoms with Crippen molar-refractivity contribution in [1.82, 2.24) is 10.3 Å². The molecule has 0 fully saturated rings. The SMILES string of the molecule is Cc1ccc([C@@H](C)NC(=O)c2cc(-c3ccc(Cl)cn3)cc(C(O)C(F)F)c2)c[n+]1[O-]. The number of aliphatic hydroxyl groups excluding tert-OH is 1. The molecule has 0 aliphatic carbocycles. The topological polar surface area (TPSA) is 89.2 Å². The molecule has 3 rings (SSSR count). The zero-order chi connectivity index (χ0) is 22.7. The number of alkyl halides is 2. The number of rotatable bonds is 6. The maximum absolute atomic E-state index is 13.1. The lowest BCUT2D eigenvalue weighted by Gasteiger charge is -2.17. The molecule has 2 N–H and O–H groups in total. The van der Waals surface area contributed by atoms with E-state index in [1.54, 1.807) is 38.1 Å². The number of nitrogens with one attached hydrogen (secondary N) is 1. The lowest BCUT2D eigenvalue weighted by Crippen LogP contribution is -2.33. The fraction of sp³-hybridized carbons (Fsp3) is 0.227. The van der Waals surface area contributed by atoms with Gasteiger partial charge in [-0.1, -0.05) is 11.6 Å². The number of aliphatic hydroxyl groups is 1. The lowest BCUT2D eigenvalue weighted by molar-refractivity contribution is -0.612. The molecule has 0 saturated heterocycles. The number of pyridine rings is 2. The second-order valence-electron chi connectivity index (χ2n) is 7.11. The molecule has 2 atom stereocenters. The Morgan fingerprint density at radius 1 is 1.19 bits per heavy atom. The molecule has 0 spiro atoms. The van der Waals surface area contributed by atoms with Crippen molar-refractivity contribution in [2.45, 2.75) is 32.4 Å². The van der Waals surface area contributed by atoms with Gasteiger partial charge in [-0.3, -0.25) is 9.78 Å². The minimum absolute atomic E-state index is 0.0675. The van der Waals surface area contributed by atoms with Gasteiger partial charge in [0.2, 0.25) is 0 Å². The summed E-state index contributed by atoms with van der Waals surface area (Å²) in [6, 6.07) is 10.0. The first-order valence-corrected chi connectivity index (χ1v) is 9.77. The molecule has 31 heavy (non-hydrogen) atoms. The number of amides is 1. The van der Waals surface area contributed by atoms with E-state index in [0.717, 1.165) is 0 Å².